The van der Waals surface area contributed by atoms with Gasteiger partial charge in [-0.15, -0.1) is 0 Å². The first-order valence-electron chi connectivity index (χ1n) is 6.83. The Kier molecular flexibility index (Phi) is 3.43. The molecule has 2 aromatic rings. The van der Waals surface area contributed by atoms with Crippen molar-refractivity contribution in [1.29, 1.82) is 0 Å². The molecule has 0 atom stereocenters. The number of phenols is 1. The lowest BCUT2D eigenvalue weighted by Gasteiger charge is -2.02. The highest BCUT2D eigenvalue weighted by Crippen LogP contribution is 2.38. The Hall–Kier alpha value is -2.63. The number of carbonyl (C=O) groups excluding carboxylic acids is 1. The van der Waals surface area contributed by atoms with E-state index in [1.54, 1.807) is 31.2 Å². The number of hydrogen-bond acceptors (Lipinski definition) is 4. The van der Waals surface area contributed by atoms with E-state index in [4.69, 9.17) is 0 Å². The van der Waals surface area contributed by atoms with Gasteiger partial charge in [0.05, 0.1) is 5.71 Å². The molecule has 1 saturated carbocycles. The van der Waals surface area contributed by atoms with Crippen molar-refractivity contribution in [3.05, 3.63) is 47.3 Å². The maximum atomic E-state index is 12.0. The van der Waals surface area contributed by atoms with Gasteiger partial charge in [0.25, 0.3) is 5.91 Å². The second-order valence-corrected chi connectivity index (χ2v) is 5.17. The van der Waals surface area contributed by atoms with Crippen LogP contribution in [0, 0.1) is 0 Å². The normalized spacial score (nSPS) is 15.0. The predicted molar refractivity (Wildman–Crippen MR) is 78.3 cm³/mol. The summed E-state index contributed by atoms with van der Waals surface area (Å²) in [5.41, 5.74) is 5.17. The molecule has 3 rings (SSSR count). The third kappa shape index (κ3) is 3.10. The van der Waals surface area contributed by atoms with Crippen molar-refractivity contribution in [1.82, 2.24) is 15.6 Å². The summed E-state index contributed by atoms with van der Waals surface area (Å²) < 4.78 is 0. The number of nitrogens with zero attached hydrogens (tertiary/aromatic N) is 2. The first kappa shape index (κ1) is 13.4. The predicted octanol–water partition coefficient (Wildman–Crippen LogP) is 2.15. The van der Waals surface area contributed by atoms with Crippen molar-refractivity contribution in [2.75, 3.05) is 0 Å². The topological polar surface area (TPSA) is 90.4 Å². The molecule has 3 N–H and O–H groups in total. The number of aromatic nitrogens is 2. The van der Waals surface area contributed by atoms with E-state index in [1.807, 2.05) is 6.07 Å². The molecule has 1 fully saturated rings. The lowest BCUT2D eigenvalue weighted by Crippen LogP contribution is -2.19. The van der Waals surface area contributed by atoms with E-state index in [-0.39, 0.29) is 11.7 Å². The molecule has 108 valence electrons. The number of hydrogen-bond donors (Lipinski definition) is 3. The van der Waals surface area contributed by atoms with Gasteiger partial charge in [0.1, 0.15) is 5.75 Å². The zero-order valence-corrected chi connectivity index (χ0v) is 11.6. The maximum absolute atomic E-state index is 12.0. The van der Waals surface area contributed by atoms with E-state index in [1.165, 1.54) is 0 Å². The van der Waals surface area contributed by atoms with Crippen molar-refractivity contribution >= 4 is 11.6 Å². The highest BCUT2D eigenvalue weighted by Gasteiger charge is 2.26. The number of hydrazone groups is 1. The average Bonchev–Trinajstić information content (AvgIpc) is 3.22. The van der Waals surface area contributed by atoms with Gasteiger partial charge in [-0.1, -0.05) is 12.1 Å². The van der Waals surface area contributed by atoms with E-state index >= 15 is 0 Å². The van der Waals surface area contributed by atoms with Gasteiger partial charge in [-0.3, -0.25) is 9.89 Å². The minimum absolute atomic E-state index is 0.162. The molecule has 0 saturated heterocycles. The molecule has 6 heteroatoms. The number of phenolic OH excluding ortho intramolecular Hbond substituents is 1. The van der Waals surface area contributed by atoms with Crippen LogP contribution in [0.2, 0.25) is 0 Å². The first-order chi connectivity index (χ1) is 10.1. The van der Waals surface area contributed by atoms with Crippen molar-refractivity contribution in [2.45, 2.75) is 25.7 Å². The Labute approximate surface area is 121 Å². The monoisotopic (exact) mass is 284 g/mol. The second kappa shape index (κ2) is 5.40. The molecule has 1 aromatic carbocycles. The fourth-order valence-electron chi connectivity index (χ4n) is 2.04. The van der Waals surface area contributed by atoms with Crippen molar-refractivity contribution < 1.29 is 9.90 Å². The number of benzene rings is 1. The van der Waals surface area contributed by atoms with Gasteiger partial charge < -0.3 is 5.11 Å². The summed E-state index contributed by atoms with van der Waals surface area (Å²) in [7, 11) is 0. The summed E-state index contributed by atoms with van der Waals surface area (Å²) in [4.78, 5) is 12.0. The molecule has 0 bridgehead atoms. The zero-order valence-electron chi connectivity index (χ0n) is 11.6. The first-order valence-corrected chi connectivity index (χ1v) is 6.83. The molecule has 0 spiro atoms. The van der Waals surface area contributed by atoms with E-state index in [0.717, 1.165) is 24.1 Å². The highest BCUT2D eigenvalue weighted by atomic mass is 16.3. The van der Waals surface area contributed by atoms with Gasteiger partial charge in [0.15, 0.2) is 5.69 Å². The van der Waals surface area contributed by atoms with Gasteiger partial charge in [-0.2, -0.15) is 10.2 Å². The van der Waals surface area contributed by atoms with E-state index in [9.17, 15) is 9.90 Å². The molecule has 6 nitrogen and oxygen atoms in total. The fraction of sp³-hybridized carbons (Fsp3) is 0.267. The zero-order chi connectivity index (χ0) is 14.8. The van der Waals surface area contributed by atoms with Crippen LogP contribution in [0.1, 0.15) is 47.4 Å². The third-order valence-corrected chi connectivity index (χ3v) is 3.44. The standard InChI is InChI=1S/C15H16N4O2/c1-9(11-3-2-4-12(20)7-11)16-19-15(21)14-8-13(17-18-14)10-5-6-10/h2-4,7-8,10,20H,5-6H2,1H3,(H,17,18)(H,19,21)/b16-9+. The highest BCUT2D eigenvalue weighted by molar-refractivity contribution is 6.00. The lowest BCUT2D eigenvalue weighted by molar-refractivity contribution is 0.0950. The van der Waals surface area contributed by atoms with Crippen LogP contribution in [0.4, 0.5) is 0 Å². The SMILES string of the molecule is C/C(=N\NC(=O)c1cc(C2CC2)[nH]n1)c1cccc(O)c1. The number of H-pyrrole nitrogens is 1. The molecule has 1 aromatic heterocycles. The molecular weight excluding hydrogens is 268 g/mol. The summed E-state index contributed by atoms with van der Waals surface area (Å²) in [5.74, 6) is 0.337. The Balaban J connectivity index is 1.67. The Morgan fingerprint density at radius 3 is 2.95 bits per heavy atom. The molecule has 0 unspecified atom stereocenters. The summed E-state index contributed by atoms with van der Waals surface area (Å²) in [6, 6.07) is 8.47. The fourth-order valence-corrected chi connectivity index (χ4v) is 2.04. The van der Waals surface area contributed by atoms with Gasteiger partial charge in [-0.05, 0) is 38.0 Å². The lowest BCUT2D eigenvalue weighted by atomic mass is 10.1. The van der Waals surface area contributed by atoms with Gasteiger partial charge in [0, 0.05) is 17.2 Å². The van der Waals surface area contributed by atoms with Crippen LogP contribution in [0.25, 0.3) is 0 Å². The van der Waals surface area contributed by atoms with Crippen molar-refractivity contribution in [3.8, 4) is 5.75 Å². The number of nitrogens with one attached hydrogen (secondary N) is 2. The van der Waals surface area contributed by atoms with Gasteiger partial charge in [0.2, 0.25) is 0 Å². The van der Waals surface area contributed by atoms with Gasteiger partial charge >= 0.3 is 0 Å². The Bertz CT molecular complexity index is 701. The van der Waals surface area contributed by atoms with Crippen LogP contribution in [0.15, 0.2) is 35.4 Å². The molecule has 0 radical (unpaired) electrons. The Morgan fingerprint density at radius 2 is 2.24 bits per heavy atom. The minimum Gasteiger partial charge on any atom is -0.508 e. The molecule has 1 amide bonds. The van der Waals surface area contributed by atoms with Crippen LogP contribution in [-0.4, -0.2) is 26.9 Å². The van der Waals surface area contributed by atoms with Crippen LogP contribution >= 0.6 is 0 Å². The number of aromatic amines is 1. The van der Waals surface area contributed by atoms with E-state index < -0.39 is 0 Å². The van der Waals surface area contributed by atoms with Crippen molar-refractivity contribution in [3.63, 3.8) is 0 Å². The third-order valence-electron chi connectivity index (χ3n) is 3.44. The number of aromatic hydroxyl groups is 1. The van der Waals surface area contributed by atoms with Crippen LogP contribution in [0.3, 0.4) is 0 Å². The smallest absolute Gasteiger partial charge is 0.291 e. The largest absolute Gasteiger partial charge is 0.508 e. The summed E-state index contributed by atoms with van der Waals surface area (Å²) in [5, 5.41) is 20.3. The molecular formula is C15H16N4O2. The van der Waals surface area contributed by atoms with Crippen molar-refractivity contribution in [2.24, 2.45) is 5.10 Å². The Morgan fingerprint density at radius 1 is 1.43 bits per heavy atom. The van der Waals surface area contributed by atoms with Crippen LogP contribution in [-0.2, 0) is 0 Å². The quantitative estimate of drug-likeness (QED) is 0.593. The molecule has 0 aliphatic heterocycles. The maximum Gasteiger partial charge on any atom is 0.291 e. The van der Waals surface area contributed by atoms with Crippen LogP contribution < -0.4 is 5.43 Å². The van der Waals surface area contributed by atoms with E-state index in [2.05, 4.69) is 20.7 Å². The number of carbonyl (C=O) groups is 1. The van der Waals surface area contributed by atoms with Gasteiger partial charge in [-0.25, -0.2) is 5.43 Å². The number of rotatable bonds is 4. The second-order valence-electron chi connectivity index (χ2n) is 5.17. The number of amides is 1. The summed E-state index contributed by atoms with van der Waals surface area (Å²) in [6.07, 6.45) is 2.30. The summed E-state index contributed by atoms with van der Waals surface area (Å²) >= 11 is 0. The molecule has 1 aliphatic carbocycles. The summed E-state index contributed by atoms with van der Waals surface area (Å²) in [6.45, 7) is 1.76. The molecule has 21 heavy (non-hydrogen) atoms. The minimum atomic E-state index is -0.349. The van der Waals surface area contributed by atoms with E-state index in [0.29, 0.717) is 17.3 Å². The average molecular weight is 284 g/mol. The molecule has 1 aliphatic rings. The molecule has 1 heterocycles. The van der Waals surface area contributed by atoms with Crippen LogP contribution in [0.5, 0.6) is 5.75 Å².